The molecule has 0 fully saturated rings. The number of methoxy groups -OCH3 is 1. The van der Waals surface area contributed by atoms with Gasteiger partial charge < -0.3 is 15.0 Å². The number of carbonyl (C=O) groups is 2. The average molecular weight is 417 g/mol. The summed E-state index contributed by atoms with van der Waals surface area (Å²) in [5.74, 6) is 0.496. The smallest absolute Gasteiger partial charge is 0.242 e. The van der Waals surface area contributed by atoms with E-state index in [2.05, 4.69) is 12.2 Å². The molecule has 1 atom stereocenters. The normalized spacial score (nSPS) is 11.6. The topological polar surface area (TPSA) is 58.6 Å². The molecule has 0 aliphatic heterocycles. The lowest BCUT2D eigenvalue weighted by Crippen LogP contribution is -2.48. The zero-order chi connectivity index (χ0) is 21.2. The predicted octanol–water partition coefficient (Wildman–Crippen LogP) is 4.22. The van der Waals surface area contributed by atoms with Crippen LogP contribution in [0.15, 0.2) is 48.5 Å². The summed E-state index contributed by atoms with van der Waals surface area (Å²) >= 11 is 5.94. The van der Waals surface area contributed by atoms with Gasteiger partial charge in [-0.15, -0.1) is 0 Å². The van der Waals surface area contributed by atoms with Gasteiger partial charge in [-0.05, 0) is 48.7 Å². The number of amides is 2. The van der Waals surface area contributed by atoms with Crippen molar-refractivity contribution in [2.75, 3.05) is 13.7 Å². The standard InChI is InChI=1S/C23H29ClN2O3/c1-4-5-14-25-23(28)17(2)26(16-19-8-12-21(29-3)13-9-19)22(27)15-18-6-10-20(24)11-7-18/h6-13,17H,4-5,14-16H2,1-3H3,(H,25,28). The molecule has 0 aliphatic rings. The molecule has 1 N–H and O–H groups in total. The Morgan fingerprint density at radius 2 is 1.69 bits per heavy atom. The van der Waals surface area contributed by atoms with Crippen LogP contribution >= 0.6 is 11.6 Å². The number of rotatable bonds is 10. The SMILES string of the molecule is CCCCNC(=O)C(C)N(Cc1ccc(OC)cc1)C(=O)Cc1ccc(Cl)cc1. The molecule has 5 nitrogen and oxygen atoms in total. The number of hydrogen-bond donors (Lipinski definition) is 1. The van der Waals surface area contributed by atoms with Crippen molar-refractivity contribution < 1.29 is 14.3 Å². The van der Waals surface area contributed by atoms with Crippen LogP contribution < -0.4 is 10.1 Å². The van der Waals surface area contributed by atoms with Gasteiger partial charge in [-0.1, -0.05) is 49.2 Å². The number of hydrogen-bond acceptors (Lipinski definition) is 3. The minimum Gasteiger partial charge on any atom is -0.497 e. The van der Waals surface area contributed by atoms with Crippen LogP contribution in [0, 0.1) is 0 Å². The Labute approximate surface area is 178 Å². The molecule has 0 spiro atoms. The van der Waals surface area contributed by atoms with Crippen molar-refractivity contribution in [3.05, 3.63) is 64.7 Å². The monoisotopic (exact) mass is 416 g/mol. The summed E-state index contributed by atoms with van der Waals surface area (Å²) in [6.45, 7) is 4.80. The molecule has 2 rings (SSSR count). The fourth-order valence-electron chi connectivity index (χ4n) is 2.92. The quantitative estimate of drug-likeness (QED) is 0.590. The maximum Gasteiger partial charge on any atom is 0.242 e. The third-order valence-corrected chi connectivity index (χ3v) is 5.03. The van der Waals surface area contributed by atoms with E-state index in [0.717, 1.165) is 29.7 Å². The van der Waals surface area contributed by atoms with Crippen LogP contribution in [-0.4, -0.2) is 36.4 Å². The number of benzene rings is 2. The van der Waals surface area contributed by atoms with Gasteiger partial charge in [0.2, 0.25) is 11.8 Å². The molecule has 0 radical (unpaired) electrons. The number of nitrogens with one attached hydrogen (secondary N) is 1. The van der Waals surface area contributed by atoms with Gasteiger partial charge in [-0.2, -0.15) is 0 Å². The van der Waals surface area contributed by atoms with Crippen LogP contribution in [0.5, 0.6) is 5.75 Å². The third-order valence-electron chi connectivity index (χ3n) is 4.78. The van der Waals surface area contributed by atoms with Crippen molar-refractivity contribution in [1.82, 2.24) is 10.2 Å². The summed E-state index contributed by atoms with van der Waals surface area (Å²) in [6, 6.07) is 14.1. The predicted molar refractivity (Wildman–Crippen MR) is 116 cm³/mol. The van der Waals surface area contributed by atoms with E-state index >= 15 is 0 Å². The van der Waals surface area contributed by atoms with Crippen LogP contribution in [-0.2, 0) is 22.6 Å². The van der Waals surface area contributed by atoms with Crippen LogP contribution in [0.2, 0.25) is 5.02 Å². The second-order valence-corrected chi connectivity index (χ2v) is 7.43. The van der Waals surface area contributed by atoms with Crippen molar-refractivity contribution in [2.45, 2.75) is 45.7 Å². The van der Waals surface area contributed by atoms with Crippen molar-refractivity contribution in [3.63, 3.8) is 0 Å². The Morgan fingerprint density at radius 3 is 2.28 bits per heavy atom. The maximum atomic E-state index is 13.1. The molecule has 6 heteroatoms. The summed E-state index contributed by atoms with van der Waals surface area (Å²) in [5.41, 5.74) is 1.79. The number of carbonyl (C=O) groups excluding carboxylic acids is 2. The Kier molecular flexibility index (Phi) is 9.00. The highest BCUT2D eigenvalue weighted by Crippen LogP contribution is 2.17. The van der Waals surface area contributed by atoms with Gasteiger partial charge in [0.15, 0.2) is 0 Å². The van der Waals surface area contributed by atoms with E-state index in [1.165, 1.54) is 0 Å². The lowest BCUT2D eigenvalue weighted by molar-refractivity contribution is -0.140. The summed E-state index contributed by atoms with van der Waals surface area (Å²) in [7, 11) is 1.61. The second-order valence-electron chi connectivity index (χ2n) is 6.99. The molecule has 29 heavy (non-hydrogen) atoms. The van der Waals surface area contributed by atoms with Gasteiger partial charge in [-0.3, -0.25) is 9.59 Å². The highest BCUT2D eigenvalue weighted by atomic mass is 35.5. The third kappa shape index (κ3) is 7.09. The van der Waals surface area contributed by atoms with Crippen LogP contribution in [0.1, 0.15) is 37.8 Å². The number of ether oxygens (including phenoxy) is 1. The highest BCUT2D eigenvalue weighted by Gasteiger charge is 2.26. The number of halogens is 1. The molecule has 2 amide bonds. The number of unbranched alkanes of at least 4 members (excludes halogenated alkanes) is 1. The Hall–Kier alpha value is -2.53. The molecule has 156 valence electrons. The summed E-state index contributed by atoms with van der Waals surface area (Å²) < 4.78 is 5.20. The zero-order valence-electron chi connectivity index (χ0n) is 17.3. The van der Waals surface area contributed by atoms with E-state index in [1.807, 2.05) is 36.4 Å². The maximum absolute atomic E-state index is 13.1. The van der Waals surface area contributed by atoms with Crippen molar-refractivity contribution in [1.29, 1.82) is 0 Å². The van der Waals surface area contributed by atoms with E-state index in [9.17, 15) is 9.59 Å². The van der Waals surface area contributed by atoms with E-state index in [0.29, 0.717) is 18.1 Å². The van der Waals surface area contributed by atoms with Gasteiger partial charge in [0.05, 0.1) is 13.5 Å². The zero-order valence-corrected chi connectivity index (χ0v) is 18.0. The molecule has 0 bridgehead atoms. The summed E-state index contributed by atoms with van der Waals surface area (Å²) in [4.78, 5) is 27.3. The van der Waals surface area contributed by atoms with E-state index in [1.54, 1.807) is 31.1 Å². The first-order chi connectivity index (χ1) is 13.9. The van der Waals surface area contributed by atoms with Gasteiger partial charge in [0.1, 0.15) is 11.8 Å². The highest BCUT2D eigenvalue weighted by molar-refractivity contribution is 6.30. The molecular weight excluding hydrogens is 388 g/mol. The van der Waals surface area contributed by atoms with Crippen molar-refractivity contribution >= 4 is 23.4 Å². The van der Waals surface area contributed by atoms with E-state index in [-0.39, 0.29) is 18.2 Å². The van der Waals surface area contributed by atoms with Crippen LogP contribution in [0.4, 0.5) is 0 Å². The van der Waals surface area contributed by atoms with Crippen molar-refractivity contribution in [3.8, 4) is 5.75 Å². The summed E-state index contributed by atoms with van der Waals surface area (Å²) in [6.07, 6.45) is 2.12. The molecule has 2 aromatic rings. The van der Waals surface area contributed by atoms with Gasteiger partial charge in [0.25, 0.3) is 0 Å². The Bertz CT molecular complexity index is 791. The lowest BCUT2D eigenvalue weighted by atomic mass is 10.1. The minimum atomic E-state index is -0.575. The molecular formula is C23H29ClN2O3. The first-order valence-electron chi connectivity index (χ1n) is 9.89. The fraction of sp³-hybridized carbons (Fsp3) is 0.391. The van der Waals surface area contributed by atoms with Gasteiger partial charge >= 0.3 is 0 Å². The molecule has 0 heterocycles. The lowest BCUT2D eigenvalue weighted by Gasteiger charge is -2.29. The molecule has 0 aliphatic carbocycles. The van der Waals surface area contributed by atoms with Gasteiger partial charge in [-0.25, -0.2) is 0 Å². The molecule has 0 aromatic heterocycles. The fourth-order valence-corrected chi connectivity index (χ4v) is 3.05. The first-order valence-corrected chi connectivity index (χ1v) is 10.3. The average Bonchev–Trinajstić information content (AvgIpc) is 2.73. The molecule has 0 saturated carbocycles. The largest absolute Gasteiger partial charge is 0.497 e. The van der Waals surface area contributed by atoms with E-state index < -0.39 is 6.04 Å². The van der Waals surface area contributed by atoms with Gasteiger partial charge in [0, 0.05) is 18.1 Å². The molecule has 2 aromatic carbocycles. The van der Waals surface area contributed by atoms with E-state index in [4.69, 9.17) is 16.3 Å². The number of nitrogens with zero attached hydrogens (tertiary/aromatic N) is 1. The Balaban J connectivity index is 2.16. The molecule has 0 saturated heterocycles. The molecule has 1 unspecified atom stereocenters. The Morgan fingerprint density at radius 1 is 1.07 bits per heavy atom. The second kappa shape index (κ2) is 11.5. The minimum absolute atomic E-state index is 0.110. The first kappa shape index (κ1) is 22.8. The van der Waals surface area contributed by atoms with Crippen LogP contribution in [0.3, 0.4) is 0 Å². The summed E-state index contributed by atoms with van der Waals surface area (Å²) in [5, 5.41) is 3.55. The van der Waals surface area contributed by atoms with Crippen molar-refractivity contribution in [2.24, 2.45) is 0 Å². The van der Waals surface area contributed by atoms with Crippen LogP contribution in [0.25, 0.3) is 0 Å².